The van der Waals surface area contributed by atoms with Gasteiger partial charge in [-0.3, -0.25) is 4.79 Å². The molecule has 2 aromatic rings. The van der Waals surface area contributed by atoms with Crippen LogP contribution in [-0.4, -0.2) is 58.5 Å². The predicted molar refractivity (Wildman–Crippen MR) is 113 cm³/mol. The molecular weight excluding hydrogens is 420 g/mol. The van der Waals surface area contributed by atoms with Crippen molar-refractivity contribution in [3.63, 3.8) is 0 Å². The number of benzene rings is 1. The topological polar surface area (TPSA) is 83.5 Å². The van der Waals surface area contributed by atoms with Gasteiger partial charge in [0, 0.05) is 26.2 Å². The van der Waals surface area contributed by atoms with E-state index in [4.69, 9.17) is 0 Å². The van der Waals surface area contributed by atoms with Crippen molar-refractivity contribution < 1.29 is 13.2 Å². The maximum atomic E-state index is 13.6. The second-order valence-electron chi connectivity index (χ2n) is 9.78. The number of carbonyl (C=O) groups excluding carboxylic acids is 1. The van der Waals surface area contributed by atoms with Gasteiger partial charge < -0.3 is 4.90 Å². The number of nitrogens with zero attached hydrogens (tertiary/aromatic N) is 4. The van der Waals surface area contributed by atoms with Crippen molar-refractivity contribution in [1.82, 2.24) is 18.0 Å². The number of amides is 1. The van der Waals surface area contributed by atoms with Crippen molar-refractivity contribution in [2.45, 2.75) is 43.4 Å². The van der Waals surface area contributed by atoms with E-state index >= 15 is 0 Å². The number of aromatic nitrogens is 2. The molecular formula is C21H26N4O3S2. The van der Waals surface area contributed by atoms with Gasteiger partial charge in [-0.2, -0.15) is 13.1 Å². The average Bonchev–Trinajstić information content (AvgIpc) is 3.21. The molecule has 0 atom stereocenters. The molecule has 0 unspecified atom stereocenters. The molecule has 1 aromatic heterocycles. The first-order valence-electron chi connectivity index (χ1n) is 11.0. The summed E-state index contributed by atoms with van der Waals surface area (Å²) in [6.45, 7) is 1.64. The molecule has 4 aliphatic carbocycles. The number of piperazine rings is 1. The number of fused-ring (bicyclic) bond motifs is 1. The van der Waals surface area contributed by atoms with Crippen LogP contribution in [0.25, 0.3) is 11.0 Å². The summed E-state index contributed by atoms with van der Waals surface area (Å²) in [6.07, 6.45) is 7.10. The highest BCUT2D eigenvalue weighted by Gasteiger charge is 2.55. The number of rotatable bonds is 3. The fraction of sp³-hybridized carbons (Fsp3) is 0.667. The van der Waals surface area contributed by atoms with Gasteiger partial charge in [-0.1, -0.05) is 6.07 Å². The molecule has 30 heavy (non-hydrogen) atoms. The molecule has 160 valence electrons. The first kappa shape index (κ1) is 19.1. The van der Waals surface area contributed by atoms with Crippen LogP contribution >= 0.6 is 11.7 Å². The predicted octanol–water partition coefficient (Wildman–Crippen LogP) is 2.74. The molecule has 0 N–H and O–H groups in total. The summed E-state index contributed by atoms with van der Waals surface area (Å²) >= 11 is 1.03. The molecule has 1 saturated heterocycles. The number of carbonyl (C=O) groups is 1. The highest BCUT2D eigenvalue weighted by Crippen LogP contribution is 2.60. The summed E-state index contributed by atoms with van der Waals surface area (Å²) in [5, 5.41) is 0. The Kier molecular flexibility index (Phi) is 4.28. The molecule has 7 rings (SSSR count). The van der Waals surface area contributed by atoms with Crippen molar-refractivity contribution in [2.24, 2.45) is 23.2 Å². The Morgan fingerprint density at radius 2 is 1.60 bits per heavy atom. The van der Waals surface area contributed by atoms with Crippen molar-refractivity contribution in [3.05, 3.63) is 18.2 Å². The summed E-state index contributed by atoms with van der Waals surface area (Å²) in [6, 6.07) is 5.09. The molecule has 0 radical (unpaired) electrons. The van der Waals surface area contributed by atoms with Crippen LogP contribution in [0, 0.1) is 23.2 Å². The molecule has 4 saturated carbocycles. The maximum absolute atomic E-state index is 13.6. The second-order valence-corrected chi connectivity index (χ2v) is 12.2. The van der Waals surface area contributed by atoms with E-state index in [1.54, 1.807) is 18.2 Å². The lowest BCUT2D eigenvalue weighted by Gasteiger charge is -2.57. The van der Waals surface area contributed by atoms with Crippen LogP contribution in [0.3, 0.4) is 0 Å². The van der Waals surface area contributed by atoms with Gasteiger partial charge in [0.25, 0.3) is 0 Å². The largest absolute Gasteiger partial charge is 0.340 e. The maximum Gasteiger partial charge on any atom is 0.245 e. The lowest BCUT2D eigenvalue weighted by molar-refractivity contribution is -0.158. The van der Waals surface area contributed by atoms with Crippen molar-refractivity contribution in [3.8, 4) is 0 Å². The molecule has 5 aliphatic rings. The van der Waals surface area contributed by atoms with Crippen molar-refractivity contribution >= 4 is 38.7 Å². The lowest BCUT2D eigenvalue weighted by atomic mass is 9.49. The van der Waals surface area contributed by atoms with E-state index in [1.807, 2.05) is 4.90 Å². The summed E-state index contributed by atoms with van der Waals surface area (Å²) in [4.78, 5) is 15.7. The van der Waals surface area contributed by atoms with E-state index in [9.17, 15) is 13.2 Å². The number of hydrogen-bond donors (Lipinski definition) is 0. The van der Waals surface area contributed by atoms with E-state index in [0.29, 0.717) is 43.1 Å². The van der Waals surface area contributed by atoms with Gasteiger partial charge in [0.2, 0.25) is 15.9 Å². The molecule has 4 bridgehead atoms. The zero-order valence-corrected chi connectivity index (χ0v) is 18.5. The smallest absolute Gasteiger partial charge is 0.245 e. The Bertz CT molecular complexity index is 1070. The summed E-state index contributed by atoms with van der Waals surface area (Å²) in [5.74, 6) is 2.49. The van der Waals surface area contributed by atoms with Crippen LogP contribution in [0.5, 0.6) is 0 Å². The SMILES string of the molecule is O=C(N1CCN(S(=O)(=O)c2cccc3nsnc23)CC1)C12CC3CC(CC(C3)C1)C2. The first-order chi connectivity index (χ1) is 14.4. The molecule has 1 aromatic carbocycles. The molecule has 5 fully saturated rings. The van der Waals surface area contributed by atoms with Gasteiger partial charge in [-0.25, -0.2) is 8.42 Å². The lowest BCUT2D eigenvalue weighted by Crippen LogP contribution is -2.58. The van der Waals surface area contributed by atoms with Gasteiger partial charge in [-0.05, 0) is 68.4 Å². The van der Waals surface area contributed by atoms with Crippen LogP contribution < -0.4 is 0 Å². The zero-order valence-electron chi connectivity index (χ0n) is 16.9. The minimum Gasteiger partial charge on any atom is -0.340 e. The monoisotopic (exact) mass is 446 g/mol. The molecule has 9 heteroatoms. The van der Waals surface area contributed by atoms with Gasteiger partial charge >= 0.3 is 0 Å². The van der Waals surface area contributed by atoms with Crippen LogP contribution in [0.2, 0.25) is 0 Å². The Hall–Kier alpha value is -1.58. The van der Waals surface area contributed by atoms with Gasteiger partial charge in [0.15, 0.2) is 0 Å². The van der Waals surface area contributed by atoms with Crippen LogP contribution in [0.15, 0.2) is 23.1 Å². The summed E-state index contributed by atoms with van der Waals surface area (Å²) in [7, 11) is -3.65. The second kappa shape index (κ2) is 6.71. The highest BCUT2D eigenvalue weighted by molar-refractivity contribution is 7.89. The van der Waals surface area contributed by atoms with E-state index in [1.165, 1.54) is 23.6 Å². The van der Waals surface area contributed by atoms with Crippen molar-refractivity contribution in [2.75, 3.05) is 26.2 Å². The van der Waals surface area contributed by atoms with Gasteiger partial charge in [-0.15, -0.1) is 0 Å². The molecule has 7 nitrogen and oxygen atoms in total. The molecule has 1 amide bonds. The van der Waals surface area contributed by atoms with E-state index in [2.05, 4.69) is 8.75 Å². The van der Waals surface area contributed by atoms with Crippen LogP contribution in [-0.2, 0) is 14.8 Å². The zero-order chi connectivity index (χ0) is 20.5. The Morgan fingerprint density at radius 3 is 2.23 bits per heavy atom. The molecule has 1 aliphatic heterocycles. The van der Waals surface area contributed by atoms with Gasteiger partial charge in [0.05, 0.1) is 17.1 Å². The minimum absolute atomic E-state index is 0.159. The Labute approximate surface area is 180 Å². The van der Waals surface area contributed by atoms with Gasteiger partial charge in [0.1, 0.15) is 15.9 Å². The first-order valence-corrected chi connectivity index (χ1v) is 13.1. The fourth-order valence-corrected chi connectivity index (χ4v) is 9.14. The standard InChI is InChI=1S/C21H26N4O3S2/c26-20(21-11-14-8-15(12-21)10-16(9-14)13-21)24-4-6-25(7-5-24)30(27,28)18-3-1-2-17-19(18)23-29-22-17/h1-3,14-16H,4-13H2. The average molecular weight is 447 g/mol. The Morgan fingerprint density at radius 1 is 0.967 bits per heavy atom. The summed E-state index contributed by atoms with van der Waals surface area (Å²) in [5.41, 5.74) is 0.888. The van der Waals surface area contributed by atoms with Crippen molar-refractivity contribution in [1.29, 1.82) is 0 Å². The highest BCUT2D eigenvalue weighted by atomic mass is 32.2. The number of hydrogen-bond acceptors (Lipinski definition) is 6. The minimum atomic E-state index is -3.65. The van der Waals surface area contributed by atoms with E-state index in [0.717, 1.165) is 48.7 Å². The molecule has 2 heterocycles. The third-order valence-electron chi connectivity index (χ3n) is 7.88. The Balaban J connectivity index is 1.19. The fourth-order valence-electron chi connectivity index (χ4n) is 6.97. The normalized spacial score (nSPS) is 34.0. The quantitative estimate of drug-likeness (QED) is 0.724. The third-order valence-corrected chi connectivity index (χ3v) is 10.4. The number of sulfonamides is 1. The molecule has 0 spiro atoms. The van der Waals surface area contributed by atoms with Crippen LogP contribution in [0.1, 0.15) is 38.5 Å². The summed E-state index contributed by atoms with van der Waals surface area (Å²) < 4.78 is 36.4. The van der Waals surface area contributed by atoms with Crippen LogP contribution in [0.4, 0.5) is 0 Å². The van der Waals surface area contributed by atoms with E-state index < -0.39 is 10.0 Å². The van der Waals surface area contributed by atoms with E-state index in [-0.39, 0.29) is 10.3 Å². The third kappa shape index (κ3) is 2.85.